The molecule has 1 aromatic heterocycles. The molecule has 1 aromatic carbocycles. The largest absolute Gasteiger partial charge is 0.573 e. The molecule has 0 unspecified atom stereocenters. The number of carbonyl (C=O) groups excluding carboxylic acids is 1. The van der Waals surface area contributed by atoms with Crippen LogP contribution in [0.4, 0.5) is 13.2 Å². The minimum atomic E-state index is -4.80. The highest BCUT2D eigenvalue weighted by atomic mass is 35.5. The number of carbonyl (C=O) groups is 1. The predicted octanol–water partition coefficient (Wildman–Crippen LogP) is 3.21. The van der Waals surface area contributed by atoms with E-state index in [4.69, 9.17) is 11.6 Å². The summed E-state index contributed by atoms with van der Waals surface area (Å²) >= 11 is 5.98. The van der Waals surface area contributed by atoms with E-state index in [1.165, 1.54) is 22.9 Å². The molecule has 0 bridgehead atoms. The van der Waals surface area contributed by atoms with E-state index in [-0.39, 0.29) is 28.6 Å². The maximum absolute atomic E-state index is 12.4. The van der Waals surface area contributed by atoms with Crippen LogP contribution in [0.1, 0.15) is 21.6 Å². The van der Waals surface area contributed by atoms with E-state index in [0.717, 1.165) is 0 Å². The van der Waals surface area contributed by atoms with Crippen LogP contribution < -0.4 is 10.1 Å². The van der Waals surface area contributed by atoms with Gasteiger partial charge in [0.25, 0.3) is 5.91 Å². The summed E-state index contributed by atoms with van der Waals surface area (Å²) in [6, 6.07) is 5.57. The Hall–Kier alpha value is -2.22. The Morgan fingerprint density at radius 1 is 1.39 bits per heavy atom. The molecule has 0 saturated carbocycles. The number of nitrogens with one attached hydrogen (secondary N) is 1. The predicted molar refractivity (Wildman–Crippen MR) is 77.3 cm³/mol. The number of hydrogen-bond donors (Lipinski definition) is 1. The van der Waals surface area contributed by atoms with E-state index in [1.54, 1.807) is 20.0 Å². The number of para-hydroxylation sites is 1. The van der Waals surface area contributed by atoms with Gasteiger partial charge in [0.05, 0.1) is 11.3 Å². The number of halogens is 4. The molecule has 9 heteroatoms. The van der Waals surface area contributed by atoms with Crippen molar-refractivity contribution in [2.45, 2.75) is 19.8 Å². The molecule has 1 heterocycles. The second-order valence-corrected chi connectivity index (χ2v) is 5.07. The summed E-state index contributed by atoms with van der Waals surface area (Å²) in [5.41, 5.74) is 0.800. The lowest BCUT2D eigenvalue weighted by Gasteiger charge is -2.13. The van der Waals surface area contributed by atoms with Crippen LogP contribution in [0.5, 0.6) is 5.75 Å². The van der Waals surface area contributed by atoms with Crippen LogP contribution in [-0.2, 0) is 13.6 Å². The molecule has 124 valence electrons. The molecule has 23 heavy (non-hydrogen) atoms. The summed E-state index contributed by atoms with van der Waals surface area (Å²) in [4.78, 5) is 12.2. The molecular formula is C14H13ClF3N3O2. The molecule has 0 aliphatic rings. The van der Waals surface area contributed by atoms with Crippen molar-refractivity contribution in [3.8, 4) is 5.75 Å². The van der Waals surface area contributed by atoms with Crippen LogP contribution >= 0.6 is 11.6 Å². The number of amides is 1. The molecule has 0 spiro atoms. The number of alkyl halides is 3. The molecule has 0 atom stereocenters. The summed E-state index contributed by atoms with van der Waals surface area (Å²) in [6.07, 6.45) is -4.80. The summed E-state index contributed by atoms with van der Waals surface area (Å²) in [6.45, 7) is 1.47. The monoisotopic (exact) mass is 347 g/mol. The van der Waals surface area contributed by atoms with Gasteiger partial charge in [-0.3, -0.25) is 9.48 Å². The minimum absolute atomic E-state index is 0.143. The molecule has 0 radical (unpaired) electrons. The highest BCUT2D eigenvalue weighted by Gasteiger charge is 2.32. The summed E-state index contributed by atoms with van der Waals surface area (Å²) in [5.74, 6) is -0.892. The first-order chi connectivity index (χ1) is 10.7. The third kappa shape index (κ3) is 4.16. The van der Waals surface area contributed by atoms with Crippen LogP contribution in [0.15, 0.2) is 24.3 Å². The van der Waals surface area contributed by atoms with Gasteiger partial charge in [0, 0.05) is 19.2 Å². The summed E-state index contributed by atoms with van der Waals surface area (Å²) < 4.78 is 42.3. The lowest BCUT2D eigenvalue weighted by atomic mass is 10.2. The number of aromatic nitrogens is 2. The van der Waals surface area contributed by atoms with Crippen molar-refractivity contribution in [2.75, 3.05) is 0 Å². The van der Waals surface area contributed by atoms with E-state index in [9.17, 15) is 18.0 Å². The van der Waals surface area contributed by atoms with Crippen molar-refractivity contribution < 1.29 is 22.7 Å². The van der Waals surface area contributed by atoms with Crippen molar-refractivity contribution >= 4 is 17.5 Å². The molecule has 0 fully saturated rings. The number of benzene rings is 1. The molecule has 0 saturated heterocycles. The van der Waals surface area contributed by atoms with E-state index in [2.05, 4.69) is 15.2 Å². The third-order valence-corrected chi connectivity index (χ3v) is 3.45. The van der Waals surface area contributed by atoms with Gasteiger partial charge in [-0.2, -0.15) is 5.10 Å². The first-order valence-corrected chi connectivity index (χ1v) is 6.88. The average molecular weight is 348 g/mol. The maximum atomic E-state index is 12.4. The SMILES string of the molecule is Cc1nn(C)c(Cl)c1C(=O)NCc1ccccc1OC(F)(F)F. The van der Waals surface area contributed by atoms with Gasteiger partial charge in [0.1, 0.15) is 10.9 Å². The van der Waals surface area contributed by atoms with Gasteiger partial charge in [-0.25, -0.2) is 0 Å². The Bertz CT molecular complexity index is 729. The maximum Gasteiger partial charge on any atom is 0.573 e. The molecule has 0 aliphatic carbocycles. The fourth-order valence-corrected chi connectivity index (χ4v) is 2.29. The second kappa shape index (κ2) is 6.49. The fourth-order valence-electron chi connectivity index (χ4n) is 2.03. The number of rotatable bonds is 4. The topological polar surface area (TPSA) is 56.2 Å². The smallest absolute Gasteiger partial charge is 0.405 e. The van der Waals surface area contributed by atoms with Gasteiger partial charge in [0.2, 0.25) is 0 Å². The second-order valence-electron chi connectivity index (χ2n) is 4.71. The quantitative estimate of drug-likeness (QED) is 0.924. The lowest BCUT2D eigenvalue weighted by molar-refractivity contribution is -0.274. The molecule has 5 nitrogen and oxygen atoms in total. The van der Waals surface area contributed by atoms with Gasteiger partial charge in [-0.15, -0.1) is 13.2 Å². The van der Waals surface area contributed by atoms with Gasteiger partial charge < -0.3 is 10.1 Å². The van der Waals surface area contributed by atoms with Gasteiger partial charge in [-0.1, -0.05) is 29.8 Å². The first-order valence-electron chi connectivity index (χ1n) is 6.50. The molecular weight excluding hydrogens is 335 g/mol. The zero-order valence-corrected chi connectivity index (χ0v) is 13.0. The normalized spacial score (nSPS) is 11.4. The van der Waals surface area contributed by atoms with E-state index >= 15 is 0 Å². The molecule has 2 aromatic rings. The van der Waals surface area contributed by atoms with Crippen LogP contribution in [0.25, 0.3) is 0 Å². The van der Waals surface area contributed by atoms with Crippen molar-refractivity contribution in [1.29, 1.82) is 0 Å². The Kier molecular flexibility index (Phi) is 4.84. The Balaban J connectivity index is 2.14. The Morgan fingerprint density at radius 3 is 2.61 bits per heavy atom. The number of nitrogens with zero attached hydrogens (tertiary/aromatic N) is 2. The number of ether oxygens (including phenoxy) is 1. The highest BCUT2D eigenvalue weighted by Crippen LogP contribution is 2.26. The highest BCUT2D eigenvalue weighted by molar-refractivity contribution is 6.33. The Labute approximate surface area is 135 Å². The van der Waals surface area contributed by atoms with Crippen molar-refractivity contribution in [3.05, 3.63) is 46.2 Å². The van der Waals surface area contributed by atoms with Crippen molar-refractivity contribution in [2.24, 2.45) is 7.05 Å². The van der Waals surface area contributed by atoms with Crippen LogP contribution in [-0.4, -0.2) is 22.1 Å². The molecule has 2 rings (SSSR count). The zero-order chi connectivity index (χ0) is 17.2. The average Bonchev–Trinajstić information content (AvgIpc) is 2.69. The summed E-state index contributed by atoms with van der Waals surface area (Å²) in [5, 5.41) is 6.67. The summed E-state index contributed by atoms with van der Waals surface area (Å²) in [7, 11) is 1.58. The molecule has 1 N–H and O–H groups in total. The van der Waals surface area contributed by atoms with Gasteiger partial charge >= 0.3 is 6.36 Å². The van der Waals surface area contributed by atoms with E-state index in [0.29, 0.717) is 5.69 Å². The number of hydrogen-bond acceptors (Lipinski definition) is 3. The van der Waals surface area contributed by atoms with Crippen LogP contribution in [0.3, 0.4) is 0 Å². The van der Waals surface area contributed by atoms with E-state index in [1.807, 2.05) is 0 Å². The zero-order valence-electron chi connectivity index (χ0n) is 12.2. The van der Waals surface area contributed by atoms with Crippen molar-refractivity contribution in [3.63, 3.8) is 0 Å². The third-order valence-electron chi connectivity index (χ3n) is 3.02. The first kappa shape index (κ1) is 17.1. The fraction of sp³-hybridized carbons (Fsp3) is 0.286. The van der Waals surface area contributed by atoms with Crippen molar-refractivity contribution in [1.82, 2.24) is 15.1 Å². The minimum Gasteiger partial charge on any atom is -0.405 e. The van der Waals surface area contributed by atoms with Crippen LogP contribution in [0.2, 0.25) is 5.15 Å². The molecule has 1 amide bonds. The van der Waals surface area contributed by atoms with Gasteiger partial charge in [-0.05, 0) is 13.0 Å². The Morgan fingerprint density at radius 2 is 2.04 bits per heavy atom. The molecule has 0 aliphatic heterocycles. The standard InChI is InChI=1S/C14H13ClF3N3O2/c1-8-11(12(15)21(2)20-8)13(22)19-7-9-5-3-4-6-10(9)23-14(16,17)18/h3-6H,7H2,1-2H3,(H,19,22). The lowest BCUT2D eigenvalue weighted by Crippen LogP contribution is -2.25. The van der Waals surface area contributed by atoms with Crippen LogP contribution in [0, 0.1) is 6.92 Å². The number of aryl methyl sites for hydroxylation is 2. The van der Waals surface area contributed by atoms with E-state index < -0.39 is 12.3 Å². The van der Waals surface area contributed by atoms with Gasteiger partial charge in [0.15, 0.2) is 0 Å².